The van der Waals surface area contributed by atoms with Crippen molar-refractivity contribution in [1.29, 1.82) is 0 Å². The van der Waals surface area contributed by atoms with Gasteiger partial charge in [0, 0.05) is 57.3 Å². The van der Waals surface area contributed by atoms with Crippen molar-refractivity contribution in [3.8, 4) is 11.1 Å². The lowest BCUT2D eigenvalue weighted by Gasteiger charge is -2.42. The molecule has 0 saturated heterocycles. The number of benzene rings is 2. The van der Waals surface area contributed by atoms with Gasteiger partial charge in [-0.25, -0.2) is 13.6 Å². The van der Waals surface area contributed by atoms with Gasteiger partial charge in [0.1, 0.15) is 30.1 Å². The molecular weight excluding hydrogens is 691 g/mol. The molecule has 0 saturated carbocycles. The van der Waals surface area contributed by atoms with Crippen molar-refractivity contribution in [2.24, 2.45) is 5.41 Å². The molecule has 11 nitrogen and oxygen atoms in total. The van der Waals surface area contributed by atoms with Gasteiger partial charge in [-0.3, -0.25) is 9.59 Å². The molecule has 0 unspecified atom stereocenters. The van der Waals surface area contributed by atoms with Crippen molar-refractivity contribution < 1.29 is 42.9 Å². The Balaban J connectivity index is 2.09. The summed E-state index contributed by atoms with van der Waals surface area (Å²) in [6.45, 7) is 11.4. The Kier molecular flexibility index (Phi) is 14.9. The SMILES string of the molecule is CC(C)(C)[C@H](c1cc(-c2cc(F)ccc2F)cn1Cc1ccccc1)N(CC[C@@](C=O)(CNCCC(=O)O)NC(=O)OCC[Si](C)(C)C)C(=O)CO. The van der Waals surface area contributed by atoms with Gasteiger partial charge in [0.2, 0.25) is 5.91 Å². The third-order valence-corrected chi connectivity index (χ3v) is 10.4. The average molecular weight is 743 g/mol. The quantitative estimate of drug-likeness (QED) is 0.0680. The van der Waals surface area contributed by atoms with Crippen LogP contribution in [0.2, 0.25) is 25.7 Å². The molecule has 3 aromatic rings. The Labute approximate surface area is 305 Å². The maximum Gasteiger partial charge on any atom is 0.407 e. The Bertz CT molecular complexity index is 1670. The van der Waals surface area contributed by atoms with Crippen LogP contribution in [0.1, 0.15) is 50.9 Å². The first-order chi connectivity index (χ1) is 24.4. The number of amides is 2. The molecule has 0 spiro atoms. The highest BCUT2D eigenvalue weighted by molar-refractivity contribution is 6.76. The van der Waals surface area contributed by atoms with Gasteiger partial charge in [-0.15, -0.1) is 0 Å². The molecular formula is C38H52F2N4O7Si. The molecule has 2 atom stereocenters. The minimum atomic E-state index is -1.63. The van der Waals surface area contributed by atoms with E-state index < -0.39 is 61.3 Å². The summed E-state index contributed by atoms with van der Waals surface area (Å²) in [5.74, 6) is -2.96. The van der Waals surface area contributed by atoms with E-state index in [0.717, 1.165) is 23.8 Å². The van der Waals surface area contributed by atoms with Crippen LogP contribution in [0.25, 0.3) is 11.1 Å². The highest BCUT2D eigenvalue weighted by Crippen LogP contribution is 2.41. The number of carboxylic acids is 1. The summed E-state index contributed by atoms with van der Waals surface area (Å²) >= 11 is 0. The zero-order chi connectivity index (χ0) is 38.7. The first-order valence-corrected chi connectivity index (χ1v) is 21.0. The summed E-state index contributed by atoms with van der Waals surface area (Å²) in [4.78, 5) is 52.2. The topological polar surface area (TPSA) is 150 Å². The second-order valence-corrected chi connectivity index (χ2v) is 20.9. The Hall–Kier alpha value is -4.40. The number of hydrogen-bond donors (Lipinski definition) is 4. The monoisotopic (exact) mass is 742 g/mol. The number of aliphatic hydroxyl groups excluding tert-OH is 1. The summed E-state index contributed by atoms with van der Waals surface area (Å²) in [5.41, 5.74) is -0.476. The molecule has 0 aliphatic heterocycles. The van der Waals surface area contributed by atoms with Gasteiger partial charge in [-0.05, 0) is 47.7 Å². The molecule has 14 heteroatoms. The predicted octanol–water partition coefficient (Wildman–Crippen LogP) is 5.85. The Morgan fingerprint density at radius 1 is 1.06 bits per heavy atom. The van der Waals surface area contributed by atoms with E-state index in [4.69, 9.17) is 9.84 Å². The number of nitrogens with zero attached hydrogens (tertiary/aromatic N) is 2. The lowest BCUT2D eigenvalue weighted by atomic mass is 9.82. The maximum atomic E-state index is 15.1. The second-order valence-electron chi connectivity index (χ2n) is 15.3. The number of nitrogens with one attached hydrogen (secondary N) is 2. The van der Waals surface area contributed by atoms with E-state index in [9.17, 15) is 28.7 Å². The molecule has 0 aliphatic rings. The van der Waals surface area contributed by atoms with Crippen molar-refractivity contribution in [3.63, 3.8) is 0 Å². The number of carboxylic acid groups (broad SMARTS) is 1. The van der Waals surface area contributed by atoms with Gasteiger partial charge in [-0.1, -0.05) is 70.7 Å². The Morgan fingerprint density at radius 2 is 1.75 bits per heavy atom. The number of halogens is 2. The lowest BCUT2D eigenvalue weighted by molar-refractivity contribution is -0.140. The number of aldehydes is 1. The van der Waals surface area contributed by atoms with E-state index in [0.29, 0.717) is 30.1 Å². The summed E-state index contributed by atoms with van der Waals surface area (Å²) in [5, 5.41) is 24.9. The maximum absolute atomic E-state index is 15.1. The van der Waals surface area contributed by atoms with Crippen LogP contribution >= 0.6 is 0 Å². The molecule has 4 N–H and O–H groups in total. The van der Waals surface area contributed by atoms with Gasteiger partial charge in [-0.2, -0.15) is 0 Å². The number of carbonyl (C=O) groups is 4. The fourth-order valence-electron chi connectivity index (χ4n) is 5.94. The number of aliphatic hydroxyl groups is 1. The van der Waals surface area contributed by atoms with Crippen LogP contribution in [0.4, 0.5) is 13.6 Å². The standard InChI is InChI=1S/C38H52F2N4O7Si/c1-37(2,3)35(32-20-28(30-21-29(39)12-13-31(30)40)23-43(32)22-27-10-8-7-9-11-27)44(33(47)24-45)17-15-38(26-46,25-41-16-14-34(48)49)42-36(50)51-18-19-52(4,5)6/h7-13,20-21,23,26,35,41,45H,14-19,22,24-25H2,1-6H3,(H,42,50)(H,48,49)/t35-,38-/m0/s1. The van der Waals surface area contributed by atoms with Crippen molar-refractivity contribution in [1.82, 2.24) is 20.1 Å². The molecule has 284 valence electrons. The van der Waals surface area contributed by atoms with Crippen LogP contribution in [0.15, 0.2) is 60.8 Å². The van der Waals surface area contributed by atoms with Gasteiger partial charge < -0.3 is 39.8 Å². The van der Waals surface area contributed by atoms with E-state index >= 15 is 4.39 Å². The van der Waals surface area contributed by atoms with Crippen LogP contribution in [0.3, 0.4) is 0 Å². The van der Waals surface area contributed by atoms with Crippen molar-refractivity contribution in [2.75, 3.05) is 32.8 Å². The number of aromatic nitrogens is 1. The molecule has 2 amide bonds. The van der Waals surface area contributed by atoms with Gasteiger partial charge in [0.05, 0.1) is 19.1 Å². The minimum Gasteiger partial charge on any atom is -0.481 e. The van der Waals surface area contributed by atoms with Crippen molar-refractivity contribution in [2.45, 2.75) is 77.4 Å². The molecule has 1 aromatic heterocycles. The fourth-order valence-corrected chi connectivity index (χ4v) is 6.66. The average Bonchev–Trinajstić information content (AvgIpc) is 3.46. The fraction of sp³-hybridized carbons (Fsp3) is 0.474. The van der Waals surface area contributed by atoms with E-state index in [1.165, 1.54) is 4.90 Å². The number of ether oxygens (including phenoxy) is 1. The van der Waals surface area contributed by atoms with Crippen LogP contribution in [0, 0.1) is 17.0 Å². The largest absolute Gasteiger partial charge is 0.481 e. The molecule has 3 rings (SSSR count). The molecule has 0 fully saturated rings. The lowest BCUT2D eigenvalue weighted by Crippen LogP contribution is -2.58. The second kappa shape index (κ2) is 18.4. The zero-order valence-corrected chi connectivity index (χ0v) is 31.9. The van der Waals surface area contributed by atoms with Crippen molar-refractivity contribution in [3.05, 3.63) is 83.7 Å². The minimum absolute atomic E-state index is 0.00753. The first-order valence-electron chi connectivity index (χ1n) is 17.3. The Morgan fingerprint density at radius 3 is 2.35 bits per heavy atom. The summed E-state index contributed by atoms with van der Waals surface area (Å²) in [6.07, 6.45) is 1.03. The van der Waals surface area contributed by atoms with Crippen LogP contribution < -0.4 is 10.6 Å². The number of aliphatic carboxylic acids is 1. The van der Waals surface area contributed by atoms with Crippen molar-refractivity contribution >= 4 is 32.3 Å². The van der Waals surface area contributed by atoms with Gasteiger partial charge in [0.15, 0.2) is 0 Å². The molecule has 0 radical (unpaired) electrons. The molecule has 0 bridgehead atoms. The van der Waals surface area contributed by atoms with Crippen LogP contribution in [0.5, 0.6) is 0 Å². The van der Waals surface area contributed by atoms with E-state index in [1.807, 2.05) is 55.7 Å². The highest BCUT2D eigenvalue weighted by Gasteiger charge is 2.40. The van der Waals surface area contributed by atoms with E-state index in [1.54, 1.807) is 12.3 Å². The predicted molar refractivity (Wildman–Crippen MR) is 197 cm³/mol. The van der Waals surface area contributed by atoms with Gasteiger partial charge >= 0.3 is 12.1 Å². The smallest absolute Gasteiger partial charge is 0.407 e. The zero-order valence-electron chi connectivity index (χ0n) is 30.9. The van der Waals surface area contributed by atoms with E-state index in [2.05, 4.69) is 30.3 Å². The molecule has 1 heterocycles. The first kappa shape index (κ1) is 42.0. The number of alkyl carbamates (subject to hydrolysis) is 1. The summed E-state index contributed by atoms with van der Waals surface area (Å²) in [6, 6.07) is 14.3. The normalized spacial score (nSPS) is 13.6. The van der Waals surface area contributed by atoms with Crippen LogP contribution in [-0.4, -0.2) is 90.4 Å². The van der Waals surface area contributed by atoms with Gasteiger partial charge in [0.25, 0.3) is 0 Å². The molecule has 0 aliphatic carbocycles. The number of rotatable bonds is 19. The number of hydrogen-bond acceptors (Lipinski definition) is 7. The molecule has 52 heavy (non-hydrogen) atoms. The van der Waals surface area contributed by atoms with Crippen LogP contribution in [-0.2, 0) is 25.7 Å². The van der Waals surface area contributed by atoms with E-state index in [-0.39, 0.29) is 44.6 Å². The summed E-state index contributed by atoms with van der Waals surface area (Å²) in [7, 11) is -1.54. The highest BCUT2D eigenvalue weighted by atomic mass is 28.3. The third-order valence-electron chi connectivity index (χ3n) is 8.65. The molecule has 2 aromatic carbocycles. The summed E-state index contributed by atoms with van der Waals surface area (Å²) < 4.78 is 36.8. The number of carbonyl (C=O) groups excluding carboxylic acids is 3. The third kappa shape index (κ3) is 12.4.